The highest BCUT2D eigenvalue weighted by Gasteiger charge is 2.26. The van der Waals surface area contributed by atoms with E-state index in [-0.39, 0.29) is 40.6 Å². The topological polar surface area (TPSA) is 67.4 Å². The molecular formula is C25H23ClF3N5O2. The van der Waals surface area contributed by atoms with Gasteiger partial charge in [0.2, 0.25) is 5.91 Å². The first kappa shape index (κ1) is 24.3. The summed E-state index contributed by atoms with van der Waals surface area (Å²) in [5.74, 6) is -0.208. The van der Waals surface area contributed by atoms with Gasteiger partial charge in [-0.25, -0.2) is 22.8 Å². The molecular weight excluding hydrogens is 495 g/mol. The lowest BCUT2D eigenvalue weighted by Gasteiger charge is -2.35. The number of alkyl halides is 2. The van der Waals surface area contributed by atoms with Gasteiger partial charge in [0.05, 0.1) is 17.3 Å². The van der Waals surface area contributed by atoms with Crippen LogP contribution in [-0.2, 0) is 17.9 Å². The van der Waals surface area contributed by atoms with Gasteiger partial charge in [-0.15, -0.1) is 0 Å². The zero-order valence-electron chi connectivity index (χ0n) is 19.4. The predicted octanol–water partition coefficient (Wildman–Crippen LogP) is 5.07. The number of pyridine rings is 1. The van der Waals surface area contributed by atoms with Gasteiger partial charge in [0.15, 0.2) is 11.4 Å². The van der Waals surface area contributed by atoms with Crippen molar-refractivity contribution in [3.63, 3.8) is 0 Å². The summed E-state index contributed by atoms with van der Waals surface area (Å²) in [4.78, 5) is 21.3. The van der Waals surface area contributed by atoms with Gasteiger partial charge in [-0.3, -0.25) is 9.69 Å². The summed E-state index contributed by atoms with van der Waals surface area (Å²) in [7, 11) is 0. The van der Waals surface area contributed by atoms with Crippen LogP contribution < -0.4 is 0 Å². The van der Waals surface area contributed by atoms with Gasteiger partial charge in [0.1, 0.15) is 18.1 Å². The molecule has 1 aromatic carbocycles. The minimum absolute atomic E-state index is 0.138. The van der Waals surface area contributed by atoms with Crippen molar-refractivity contribution < 1.29 is 22.4 Å². The summed E-state index contributed by atoms with van der Waals surface area (Å²) >= 11 is 6.14. The summed E-state index contributed by atoms with van der Waals surface area (Å²) in [6, 6.07) is 9.18. The van der Waals surface area contributed by atoms with Crippen molar-refractivity contribution in [2.24, 2.45) is 0 Å². The number of aromatic nitrogens is 3. The lowest BCUT2D eigenvalue weighted by molar-refractivity contribution is -0.133. The van der Waals surface area contributed by atoms with Gasteiger partial charge in [0.25, 0.3) is 6.43 Å². The van der Waals surface area contributed by atoms with Crippen molar-refractivity contribution in [1.82, 2.24) is 24.6 Å². The summed E-state index contributed by atoms with van der Waals surface area (Å²) in [6.45, 7) is 3.81. The normalized spacial score (nSPS) is 14.8. The Labute approximate surface area is 210 Å². The van der Waals surface area contributed by atoms with E-state index in [9.17, 15) is 18.0 Å². The number of nitrogens with zero attached hydrogens (tertiary/aromatic N) is 5. The fourth-order valence-corrected chi connectivity index (χ4v) is 4.73. The van der Waals surface area contributed by atoms with Crippen LogP contribution in [-0.4, -0.2) is 56.7 Å². The number of fused-ring (bicyclic) bond motifs is 1. The Kier molecular flexibility index (Phi) is 6.72. The van der Waals surface area contributed by atoms with E-state index in [0.29, 0.717) is 54.8 Å². The second-order valence-corrected chi connectivity index (χ2v) is 9.08. The van der Waals surface area contributed by atoms with Crippen molar-refractivity contribution in [3.8, 4) is 11.5 Å². The van der Waals surface area contributed by atoms with E-state index < -0.39 is 6.43 Å². The first-order valence-corrected chi connectivity index (χ1v) is 11.8. The minimum atomic E-state index is -2.74. The highest BCUT2D eigenvalue weighted by atomic mass is 35.5. The van der Waals surface area contributed by atoms with Crippen LogP contribution in [0.4, 0.5) is 13.2 Å². The molecule has 0 unspecified atom stereocenters. The second-order valence-electron chi connectivity index (χ2n) is 8.67. The molecule has 1 aliphatic heterocycles. The number of piperazine rings is 1. The monoisotopic (exact) mass is 517 g/mol. The predicted molar refractivity (Wildman–Crippen MR) is 128 cm³/mol. The molecule has 0 bridgehead atoms. The number of aryl methyl sites for hydroxylation is 1. The van der Waals surface area contributed by atoms with E-state index in [2.05, 4.69) is 10.1 Å². The Bertz CT molecular complexity index is 1380. The molecule has 7 nitrogen and oxygen atoms in total. The van der Waals surface area contributed by atoms with Gasteiger partial charge in [0, 0.05) is 48.9 Å². The zero-order chi connectivity index (χ0) is 25.4. The molecule has 1 saturated heterocycles. The number of hydrogen-bond acceptors (Lipinski definition) is 5. The number of carbonyl (C=O) groups is 1. The van der Waals surface area contributed by atoms with Crippen LogP contribution in [0.15, 0.2) is 47.1 Å². The third kappa shape index (κ3) is 4.70. The van der Waals surface area contributed by atoms with Crippen molar-refractivity contribution in [2.45, 2.75) is 26.4 Å². The summed E-state index contributed by atoms with van der Waals surface area (Å²) < 4.78 is 48.6. The van der Waals surface area contributed by atoms with Gasteiger partial charge in [-0.2, -0.15) is 5.10 Å². The molecule has 3 aromatic heterocycles. The summed E-state index contributed by atoms with van der Waals surface area (Å²) in [5.41, 5.74) is 1.06. The molecule has 0 atom stereocenters. The number of rotatable bonds is 6. The zero-order valence-corrected chi connectivity index (χ0v) is 20.2. The number of hydrogen-bond donors (Lipinski definition) is 0. The maximum absolute atomic E-state index is 14.1. The van der Waals surface area contributed by atoms with Crippen molar-refractivity contribution in [1.29, 1.82) is 0 Å². The van der Waals surface area contributed by atoms with E-state index in [1.165, 1.54) is 23.1 Å². The Hall–Kier alpha value is -3.37. The molecule has 0 aliphatic carbocycles. The van der Waals surface area contributed by atoms with Crippen LogP contribution in [0.3, 0.4) is 0 Å². The van der Waals surface area contributed by atoms with Gasteiger partial charge < -0.3 is 9.32 Å². The molecule has 4 heterocycles. The number of furan rings is 1. The largest absolute Gasteiger partial charge is 0.463 e. The maximum Gasteiger partial charge on any atom is 0.264 e. The molecule has 0 spiro atoms. The molecule has 0 radical (unpaired) electrons. The van der Waals surface area contributed by atoms with Crippen LogP contribution in [0.2, 0.25) is 5.02 Å². The second kappa shape index (κ2) is 9.94. The van der Waals surface area contributed by atoms with Crippen molar-refractivity contribution in [2.75, 3.05) is 26.2 Å². The Morgan fingerprint density at radius 1 is 1.17 bits per heavy atom. The smallest absolute Gasteiger partial charge is 0.264 e. The SMILES string of the molecule is Cc1nn(CC(=O)N2CCN(Cc3c(F)cccc3Cl)CC2)c2nc(-c3ccco3)cc(C(F)F)c12. The summed E-state index contributed by atoms with van der Waals surface area (Å²) in [5, 5.41) is 4.97. The average Bonchev–Trinajstić information content (AvgIpc) is 3.50. The van der Waals surface area contributed by atoms with E-state index in [1.54, 1.807) is 36.1 Å². The summed E-state index contributed by atoms with van der Waals surface area (Å²) in [6.07, 6.45) is -1.30. The Morgan fingerprint density at radius 2 is 1.94 bits per heavy atom. The average molecular weight is 518 g/mol. The van der Waals surface area contributed by atoms with Gasteiger partial charge >= 0.3 is 0 Å². The molecule has 188 valence electrons. The third-order valence-electron chi connectivity index (χ3n) is 6.37. The molecule has 5 rings (SSSR count). The third-order valence-corrected chi connectivity index (χ3v) is 6.72. The maximum atomic E-state index is 14.1. The van der Waals surface area contributed by atoms with Crippen LogP contribution in [0.1, 0.15) is 23.2 Å². The molecule has 1 aliphatic rings. The fraction of sp³-hybridized carbons (Fsp3) is 0.320. The van der Waals surface area contributed by atoms with Crippen LogP contribution in [0, 0.1) is 12.7 Å². The number of carbonyl (C=O) groups excluding carboxylic acids is 1. The number of halogens is 4. The standard InChI is InChI=1S/C25H23ClF3N5O2/c1-15-23-16(24(28)29)12-20(21-6-3-11-36-21)30-25(23)34(31-15)14-22(35)33-9-7-32(8-10-33)13-17-18(26)4-2-5-19(17)27/h2-6,11-12,24H,7-10,13-14H2,1H3. The van der Waals surface area contributed by atoms with Crippen LogP contribution in [0.25, 0.3) is 22.5 Å². The lowest BCUT2D eigenvalue weighted by atomic mass is 10.1. The van der Waals surface area contributed by atoms with E-state index in [1.807, 2.05) is 4.90 Å². The van der Waals surface area contributed by atoms with E-state index >= 15 is 0 Å². The van der Waals surface area contributed by atoms with Gasteiger partial charge in [-0.1, -0.05) is 17.7 Å². The molecule has 36 heavy (non-hydrogen) atoms. The van der Waals surface area contributed by atoms with Crippen molar-refractivity contribution in [3.05, 3.63) is 70.3 Å². The van der Waals surface area contributed by atoms with Gasteiger partial charge in [-0.05, 0) is 37.3 Å². The number of amides is 1. The van der Waals surface area contributed by atoms with Crippen LogP contribution in [0.5, 0.6) is 0 Å². The quantitative estimate of drug-likeness (QED) is 0.357. The highest BCUT2D eigenvalue weighted by molar-refractivity contribution is 6.31. The number of benzene rings is 1. The lowest BCUT2D eigenvalue weighted by Crippen LogP contribution is -2.49. The molecule has 4 aromatic rings. The Morgan fingerprint density at radius 3 is 2.61 bits per heavy atom. The molecule has 0 saturated carbocycles. The molecule has 1 fully saturated rings. The van der Waals surface area contributed by atoms with Crippen LogP contribution >= 0.6 is 11.6 Å². The van der Waals surface area contributed by atoms with E-state index in [0.717, 1.165) is 0 Å². The van der Waals surface area contributed by atoms with Crippen molar-refractivity contribution >= 4 is 28.5 Å². The highest BCUT2D eigenvalue weighted by Crippen LogP contribution is 2.33. The molecule has 11 heteroatoms. The first-order chi connectivity index (χ1) is 17.3. The minimum Gasteiger partial charge on any atom is -0.463 e. The Balaban J connectivity index is 1.33. The molecule has 0 N–H and O–H groups in total. The molecule has 1 amide bonds. The van der Waals surface area contributed by atoms with E-state index in [4.69, 9.17) is 16.0 Å². The fourth-order valence-electron chi connectivity index (χ4n) is 4.51. The first-order valence-electron chi connectivity index (χ1n) is 11.4.